The highest BCUT2D eigenvalue weighted by Crippen LogP contribution is 2.36. The molecule has 3 aromatic heterocycles. The number of pyridine rings is 1. The van der Waals surface area contributed by atoms with Gasteiger partial charge in [-0.2, -0.15) is 5.10 Å². The van der Waals surface area contributed by atoms with E-state index in [1.165, 1.54) is 24.2 Å². The molecule has 21 heavy (non-hydrogen) atoms. The Hall–Kier alpha value is -2.35. The van der Waals surface area contributed by atoms with E-state index in [-0.39, 0.29) is 5.56 Å². The Balaban J connectivity index is 2.25. The fraction of sp³-hybridized carbons (Fsp3) is 0.231. The second kappa shape index (κ2) is 4.88. The van der Waals surface area contributed by atoms with Gasteiger partial charge in [0.15, 0.2) is 5.65 Å². The summed E-state index contributed by atoms with van der Waals surface area (Å²) >= 11 is 1.17. The lowest BCUT2D eigenvalue weighted by atomic mass is 10.2. The fourth-order valence-corrected chi connectivity index (χ4v) is 3.16. The van der Waals surface area contributed by atoms with E-state index in [9.17, 15) is 9.90 Å². The molecule has 0 radical (unpaired) electrons. The minimum atomic E-state index is -1.04. The molecule has 108 valence electrons. The van der Waals surface area contributed by atoms with Gasteiger partial charge in [0.2, 0.25) is 0 Å². The molecule has 0 spiro atoms. The monoisotopic (exact) mass is 304 g/mol. The number of carboxylic acid groups (broad SMARTS) is 1. The molecule has 0 aliphatic heterocycles. The van der Waals surface area contributed by atoms with Crippen LogP contribution in [-0.2, 0) is 7.05 Å². The summed E-state index contributed by atoms with van der Waals surface area (Å²) in [6, 6.07) is 0. The van der Waals surface area contributed by atoms with Crippen molar-refractivity contribution in [3.05, 3.63) is 29.4 Å². The number of aryl methyl sites for hydroxylation is 3. The van der Waals surface area contributed by atoms with E-state index in [0.29, 0.717) is 26.8 Å². The second-order valence-electron chi connectivity index (χ2n) is 4.57. The molecule has 0 aliphatic rings. The van der Waals surface area contributed by atoms with Gasteiger partial charge >= 0.3 is 5.97 Å². The maximum absolute atomic E-state index is 11.4. The number of aromatic nitrogens is 4. The molecule has 0 aromatic carbocycles. The zero-order chi connectivity index (χ0) is 15.1. The standard InChI is InChI=1S/C13H12N4O3S/c1-6-5-20-13(15-6)21-10-8(12(18)19)4-14-11-9(10)7(2)16-17(11)3/h4-5H,1-3H3,(H,18,19). The summed E-state index contributed by atoms with van der Waals surface area (Å²) < 4.78 is 6.94. The number of rotatable bonds is 3. The Kier molecular flexibility index (Phi) is 3.17. The number of aromatic carboxylic acids is 1. The third-order valence-corrected chi connectivity index (χ3v) is 3.99. The summed E-state index contributed by atoms with van der Waals surface area (Å²) in [6.07, 6.45) is 2.86. The molecule has 0 saturated carbocycles. The van der Waals surface area contributed by atoms with Crippen LogP contribution in [0.5, 0.6) is 0 Å². The SMILES string of the molecule is Cc1coc(Sc2c(C(=O)O)cnc3c2c(C)nn3C)n1. The highest BCUT2D eigenvalue weighted by Gasteiger charge is 2.21. The van der Waals surface area contributed by atoms with Gasteiger partial charge in [-0.05, 0) is 25.6 Å². The van der Waals surface area contributed by atoms with Crippen LogP contribution < -0.4 is 0 Å². The van der Waals surface area contributed by atoms with Gasteiger partial charge in [0.05, 0.1) is 22.3 Å². The molecule has 1 N–H and O–H groups in total. The third-order valence-electron chi connectivity index (χ3n) is 3.00. The molecule has 0 bridgehead atoms. The van der Waals surface area contributed by atoms with E-state index in [4.69, 9.17) is 4.42 Å². The van der Waals surface area contributed by atoms with Gasteiger partial charge in [-0.1, -0.05) is 0 Å². The fourth-order valence-electron chi connectivity index (χ4n) is 2.10. The Morgan fingerprint density at radius 1 is 1.43 bits per heavy atom. The third kappa shape index (κ3) is 2.27. The molecule has 0 unspecified atom stereocenters. The van der Waals surface area contributed by atoms with Crippen molar-refractivity contribution < 1.29 is 14.3 Å². The summed E-state index contributed by atoms with van der Waals surface area (Å²) in [6.45, 7) is 3.63. The Morgan fingerprint density at radius 3 is 2.81 bits per heavy atom. The molecular weight excluding hydrogens is 292 g/mol. The lowest BCUT2D eigenvalue weighted by Crippen LogP contribution is -2.02. The van der Waals surface area contributed by atoms with Crippen LogP contribution in [0.1, 0.15) is 21.7 Å². The minimum absolute atomic E-state index is 0.111. The first kappa shape index (κ1) is 13.6. The molecule has 0 aliphatic carbocycles. The molecule has 3 aromatic rings. The molecule has 3 heterocycles. The van der Waals surface area contributed by atoms with Crippen molar-refractivity contribution >= 4 is 28.8 Å². The van der Waals surface area contributed by atoms with Crippen LogP contribution in [0.25, 0.3) is 11.0 Å². The normalized spacial score (nSPS) is 11.2. The first-order chi connectivity index (χ1) is 9.97. The molecule has 0 atom stereocenters. The van der Waals surface area contributed by atoms with Gasteiger partial charge in [-0.15, -0.1) is 0 Å². The lowest BCUT2D eigenvalue weighted by molar-refractivity contribution is 0.0693. The van der Waals surface area contributed by atoms with Crippen LogP contribution in [0.3, 0.4) is 0 Å². The van der Waals surface area contributed by atoms with E-state index in [2.05, 4.69) is 15.1 Å². The summed E-state index contributed by atoms with van der Waals surface area (Å²) in [5, 5.41) is 14.8. The van der Waals surface area contributed by atoms with Crippen molar-refractivity contribution in [1.82, 2.24) is 19.7 Å². The maximum Gasteiger partial charge on any atom is 0.338 e. The van der Waals surface area contributed by atoms with Crippen molar-refractivity contribution in [3.63, 3.8) is 0 Å². The van der Waals surface area contributed by atoms with E-state index < -0.39 is 5.97 Å². The minimum Gasteiger partial charge on any atom is -0.478 e. The largest absolute Gasteiger partial charge is 0.478 e. The molecule has 3 rings (SSSR count). The molecule has 8 heteroatoms. The maximum atomic E-state index is 11.4. The van der Waals surface area contributed by atoms with Gasteiger partial charge in [-0.25, -0.2) is 14.8 Å². The van der Waals surface area contributed by atoms with Gasteiger partial charge < -0.3 is 9.52 Å². The lowest BCUT2D eigenvalue weighted by Gasteiger charge is -2.05. The second-order valence-corrected chi connectivity index (χ2v) is 5.53. The zero-order valence-corrected chi connectivity index (χ0v) is 12.4. The van der Waals surface area contributed by atoms with Gasteiger partial charge in [-0.3, -0.25) is 4.68 Å². The Labute approximate surface area is 124 Å². The van der Waals surface area contributed by atoms with Crippen LogP contribution in [0.2, 0.25) is 0 Å². The summed E-state index contributed by atoms with van der Waals surface area (Å²) in [4.78, 5) is 20.4. The summed E-state index contributed by atoms with van der Waals surface area (Å²) in [7, 11) is 1.77. The number of carbonyl (C=O) groups is 1. The van der Waals surface area contributed by atoms with Crippen LogP contribution >= 0.6 is 11.8 Å². The number of nitrogens with zero attached hydrogens (tertiary/aromatic N) is 4. The first-order valence-corrected chi connectivity index (χ1v) is 6.94. The first-order valence-electron chi connectivity index (χ1n) is 6.13. The van der Waals surface area contributed by atoms with Crippen molar-refractivity contribution in [2.24, 2.45) is 7.05 Å². The molecule has 0 fully saturated rings. The van der Waals surface area contributed by atoms with E-state index in [0.717, 1.165) is 5.69 Å². The average Bonchev–Trinajstić information content (AvgIpc) is 2.94. The topological polar surface area (TPSA) is 94.0 Å². The molecule has 0 saturated heterocycles. The summed E-state index contributed by atoms with van der Waals surface area (Å²) in [5.74, 6) is -1.04. The van der Waals surface area contributed by atoms with E-state index in [1.54, 1.807) is 11.7 Å². The van der Waals surface area contributed by atoms with E-state index >= 15 is 0 Å². The number of oxazole rings is 1. The Morgan fingerprint density at radius 2 is 2.19 bits per heavy atom. The highest BCUT2D eigenvalue weighted by atomic mass is 32.2. The van der Waals surface area contributed by atoms with Crippen LogP contribution in [0, 0.1) is 13.8 Å². The highest BCUT2D eigenvalue weighted by molar-refractivity contribution is 7.99. The number of hydrogen-bond donors (Lipinski definition) is 1. The van der Waals surface area contributed by atoms with Crippen molar-refractivity contribution in [2.45, 2.75) is 24.0 Å². The van der Waals surface area contributed by atoms with E-state index in [1.807, 2.05) is 13.8 Å². The zero-order valence-electron chi connectivity index (χ0n) is 11.6. The molecule has 0 amide bonds. The number of hydrogen-bond acceptors (Lipinski definition) is 6. The van der Waals surface area contributed by atoms with Crippen molar-refractivity contribution in [3.8, 4) is 0 Å². The Bertz CT molecular complexity index is 853. The smallest absolute Gasteiger partial charge is 0.338 e. The van der Waals surface area contributed by atoms with Crippen molar-refractivity contribution in [2.75, 3.05) is 0 Å². The van der Waals surface area contributed by atoms with Crippen LogP contribution in [0.4, 0.5) is 0 Å². The predicted octanol–water partition coefficient (Wildman–Crippen LogP) is 2.42. The molecular formula is C13H12N4O3S. The van der Waals surface area contributed by atoms with Crippen LogP contribution in [-0.4, -0.2) is 30.8 Å². The molecule has 7 nitrogen and oxygen atoms in total. The van der Waals surface area contributed by atoms with Gasteiger partial charge in [0, 0.05) is 18.1 Å². The van der Waals surface area contributed by atoms with Gasteiger partial charge in [0.1, 0.15) is 6.26 Å². The number of fused-ring (bicyclic) bond motifs is 1. The summed E-state index contributed by atoms with van der Waals surface area (Å²) in [5.41, 5.74) is 2.19. The quantitative estimate of drug-likeness (QED) is 0.794. The van der Waals surface area contributed by atoms with Crippen LogP contribution in [0.15, 0.2) is 27.0 Å². The average molecular weight is 304 g/mol. The van der Waals surface area contributed by atoms with Gasteiger partial charge in [0.25, 0.3) is 5.22 Å². The number of carboxylic acids is 1. The van der Waals surface area contributed by atoms with Crippen molar-refractivity contribution in [1.29, 1.82) is 0 Å². The predicted molar refractivity (Wildman–Crippen MR) is 75.6 cm³/mol.